The number of halogens is 1. The van der Waals surface area contributed by atoms with E-state index < -0.39 is 5.82 Å². The van der Waals surface area contributed by atoms with Crippen LogP contribution in [0.25, 0.3) is 16.9 Å². The fraction of sp³-hybridized carbons (Fsp3) is 0.0833. The fourth-order valence-electron chi connectivity index (χ4n) is 3.13. The van der Waals surface area contributed by atoms with Crippen LogP contribution in [0.5, 0.6) is 5.75 Å². The molecule has 6 heteroatoms. The Morgan fingerprint density at radius 1 is 1.03 bits per heavy atom. The summed E-state index contributed by atoms with van der Waals surface area (Å²) in [5.41, 5.74) is 3.69. The molecule has 0 unspecified atom stereocenters. The minimum atomic E-state index is -0.411. The zero-order valence-electron chi connectivity index (χ0n) is 16.6. The summed E-state index contributed by atoms with van der Waals surface area (Å²) in [5, 5.41) is 7.46. The molecule has 0 fully saturated rings. The number of hydrogen-bond donors (Lipinski definition) is 1. The second-order valence-corrected chi connectivity index (χ2v) is 6.81. The lowest BCUT2D eigenvalue weighted by Gasteiger charge is -2.09. The molecule has 150 valence electrons. The van der Waals surface area contributed by atoms with Crippen LogP contribution in [0.15, 0.2) is 79.0 Å². The van der Waals surface area contributed by atoms with Gasteiger partial charge in [0.1, 0.15) is 17.3 Å². The van der Waals surface area contributed by atoms with Crippen LogP contribution >= 0.6 is 0 Å². The maximum Gasteiger partial charge on any atom is 0.259 e. The third kappa shape index (κ3) is 3.93. The SMILES string of the molecule is COc1ccc(-c2nn(-c3ccccc3)cc2C(=O)Nc2cc(F)ccc2C)cc1. The highest BCUT2D eigenvalue weighted by Crippen LogP contribution is 2.27. The molecule has 1 amide bonds. The van der Waals surface area contributed by atoms with Crippen molar-refractivity contribution in [1.82, 2.24) is 9.78 Å². The number of nitrogens with zero attached hydrogens (tertiary/aromatic N) is 2. The van der Waals surface area contributed by atoms with Crippen LogP contribution in [0.1, 0.15) is 15.9 Å². The Balaban J connectivity index is 1.77. The van der Waals surface area contributed by atoms with Gasteiger partial charge in [-0.3, -0.25) is 4.79 Å². The molecule has 0 spiro atoms. The van der Waals surface area contributed by atoms with Crippen LogP contribution in [0, 0.1) is 12.7 Å². The molecule has 0 saturated heterocycles. The molecule has 0 aliphatic carbocycles. The summed E-state index contributed by atoms with van der Waals surface area (Å²) < 4.78 is 20.5. The van der Waals surface area contributed by atoms with Crippen LogP contribution in [-0.4, -0.2) is 22.8 Å². The number of hydrogen-bond acceptors (Lipinski definition) is 3. The largest absolute Gasteiger partial charge is 0.497 e. The van der Waals surface area contributed by atoms with E-state index in [0.717, 1.165) is 16.8 Å². The van der Waals surface area contributed by atoms with Crippen molar-refractivity contribution >= 4 is 11.6 Å². The first kappa shape index (κ1) is 19.4. The standard InChI is InChI=1S/C24H20FN3O2/c1-16-8-11-18(25)14-22(16)26-24(29)21-15-28(19-6-4-3-5-7-19)27-23(21)17-9-12-20(30-2)13-10-17/h3-15H,1-2H3,(H,26,29). The van der Waals surface area contributed by atoms with Crippen LogP contribution in [0.3, 0.4) is 0 Å². The van der Waals surface area contributed by atoms with Crippen molar-refractivity contribution in [2.45, 2.75) is 6.92 Å². The number of carbonyl (C=O) groups is 1. The van der Waals surface area contributed by atoms with Crippen molar-refractivity contribution in [3.05, 3.63) is 95.9 Å². The molecule has 1 heterocycles. The predicted molar refractivity (Wildman–Crippen MR) is 115 cm³/mol. The molecule has 0 saturated carbocycles. The number of aryl methyl sites for hydroxylation is 1. The van der Waals surface area contributed by atoms with Gasteiger partial charge < -0.3 is 10.1 Å². The number of nitrogens with one attached hydrogen (secondary N) is 1. The van der Waals surface area contributed by atoms with Crippen LogP contribution in [0.2, 0.25) is 0 Å². The first-order chi connectivity index (χ1) is 14.5. The monoisotopic (exact) mass is 401 g/mol. The molecule has 0 aliphatic rings. The van der Waals surface area contributed by atoms with Gasteiger partial charge in [0.15, 0.2) is 0 Å². The van der Waals surface area contributed by atoms with Crippen LogP contribution in [0.4, 0.5) is 10.1 Å². The number of ether oxygens (including phenoxy) is 1. The lowest BCUT2D eigenvalue weighted by Crippen LogP contribution is -2.13. The molecule has 4 rings (SSSR count). The third-order valence-electron chi connectivity index (χ3n) is 4.79. The molecular formula is C24H20FN3O2. The number of anilines is 1. The molecule has 0 bridgehead atoms. The lowest BCUT2D eigenvalue weighted by atomic mass is 10.1. The highest BCUT2D eigenvalue weighted by atomic mass is 19.1. The number of benzene rings is 3. The van der Waals surface area contributed by atoms with E-state index in [9.17, 15) is 9.18 Å². The molecule has 0 aliphatic heterocycles. The zero-order chi connectivity index (χ0) is 21.1. The molecule has 0 atom stereocenters. The van der Waals surface area contributed by atoms with Gasteiger partial charge >= 0.3 is 0 Å². The maximum absolute atomic E-state index is 13.7. The molecule has 5 nitrogen and oxygen atoms in total. The van der Waals surface area contributed by atoms with Crippen molar-refractivity contribution < 1.29 is 13.9 Å². The van der Waals surface area contributed by atoms with Crippen molar-refractivity contribution in [1.29, 1.82) is 0 Å². The second kappa shape index (κ2) is 8.21. The van der Waals surface area contributed by atoms with E-state index in [-0.39, 0.29) is 5.91 Å². The Bertz CT molecular complexity index is 1190. The molecule has 30 heavy (non-hydrogen) atoms. The zero-order valence-corrected chi connectivity index (χ0v) is 16.6. The summed E-state index contributed by atoms with van der Waals surface area (Å²) in [4.78, 5) is 13.1. The van der Waals surface area contributed by atoms with E-state index in [1.54, 1.807) is 24.1 Å². The molecular weight excluding hydrogens is 381 g/mol. The summed E-state index contributed by atoms with van der Waals surface area (Å²) >= 11 is 0. The summed E-state index contributed by atoms with van der Waals surface area (Å²) in [6.45, 7) is 1.81. The number of carbonyl (C=O) groups excluding carboxylic acids is 1. The van der Waals surface area contributed by atoms with Crippen LogP contribution < -0.4 is 10.1 Å². The fourth-order valence-corrected chi connectivity index (χ4v) is 3.13. The Hall–Kier alpha value is -3.93. The molecule has 3 aromatic carbocycles. The third-order valence-corrected chi connectivity index (χ3v) is 4.79. The van der Waals surface area contributed by atoms with E-state index >= 15 is 0 Å². The van der Waals surface area contributed by atoms with Gasteiger partial charge in [-0.1, -0.05) is 24.3 Å². The normalized spacial score (nSPS) is 10.6. The number of amides is 1. The number of methoxy groups -OCH3 is 1. The second-order valence-electron chi connectivity index (χ2n) is 6.81. The van der Waals surface area contributed by atoms with E-state index in [1.807, 2.05) is 61.5 Å². The first-order valence-electron chi connectivity index (χ1n) is 9.42. The molecule has 1 aromatic heterocycles. The molecule has 4 aromatic rings. The van der Waals surface area contributed by atoms with Gasteiger partial charge in [0.25, 0.3) is 5.91 Å². The Morgan fingerprint density at radius 3 is 2.47 bits per heavy atom. The topological polar surface area (TPSA) is 56.2 Å². The van der Waals surface area contributed by atoms with Crippen molar-refractivity contribution in [2.24, 2.45) is 0 Å². The lowest BCUT2D eigenvalue weighted by molar-refractivity contribution is 0.102. The van der Waals surface area contributed by atoms with Crippen LogP contribution in [-0.2, 0) is 0 Å². The average Bonchev–Trinajstić information content (AvgIpc) is 3.23. The Labute approximate surface area is 173 Å². The van der Waals surface area contributed by atoms with Crippen molar-refractivity contribution in [3.8, 4) is 22.7 Å². The van der Waals surface area contributed by atoms with Gasteiger partial charge in [0.05, 0.1) is 18.4 Å². The minimum absolute atomic E-state index is 0.364. The van der Waals surface area contributed by atoms with E-state index in [0.29, 0.717) is 22.7 Å². The van der Waals surface area contributed by atoms with Gasteiger partial charge in [0.2, 0.25) is 0 Å². The summed E-state index contributed by atoms with van der Waals surface area (Å²) in [6.07, 6.45) is 1.68. The van der Waals surface area contributed by atoms with Gasteiger partial charge in [-0.15, -0.1) is 0 Å². The number of para-hydroxylation sites is 1. The molecule has 1 N–H and O–H groups in total. The predicted octanol–water partition coefficient (Wildman–Crippen LogP) is 5.25. The maximum atomic E-state index is 13.7. The summed E-state index contributed by atoms with van der Waals surface area (Å²) in [5.74, 6) is -0.0643. The minimum Gasteiger partial charge on any atom is -0.497 e. The van der Waals surface area contributed by atoms with Gasteiger partial charge in [0, 0.05) is 17.4 Å². The van der Waals surface area contributed by atoms with E-state index in [4.69, 9.17) is 4.74 Å². The summed E-state index contributed by atoms with van der Waals surface area (Å²) in [7, 11) is 1.60. The van der Waals surface area contributed by atoms with E-state index in [2.05, 4.69) is 10.4 Å². The average molecular weight is 401 g/mol. The first-order valence-corrected chi connectivity index (χ1v) is 9.42. The highest BCUT2D eigenvalue weighted by molar-refractivity contribution is 6.08. The smallest absolute Gasteiger partial charge is 0.259 e. The van der Waals surface area contributed by atoms with Gasteiger partial charge in [-0.25, -0.2) is 9.07 Å². The Kier molecular flexibility index (Phi) is 5.30. The number of aromatic nitrogens is 2. The summed E-state index contributed by atoms with van der Waals surface area (Å²) in [6, 6.07) is 21.2. The Morgan fingerprint density at radius 2 is 1.77 bits per heavy atom. The van der Waals surface area contributed by atoms with Gasteiger partial charge in [-0.2, -0.15) is 5.10 Å². The van der Waals surface area contributed by atoms with E-state index in [1.165, 1.54) is 12.1 Å². The highest BCUT2D eigenvalue weighted by Gasteiger charge is 2.19. The van der Waals surface area contributed by atoms with Gasteiger partial charge in [-0.05, 0) is 61.0 Å². The number of rotatable bonds is 5. The van der Waals surface area contributed by atoms with Crippen molar-refractivity contribution in [3.63, 3.8) is 0 Å². The van der Waals surface area contributed by atoms with Crippen molar-refractivity contribution in [2.75, 3.05) is 12.4 Å². The molecule has 0 radical (unpaired) electrons. The quantitative estimate of drug-likeness (QED) is 0.497.